The predicted octanol–water partition coefficient (Wildman–Crippen LogP) is 9.52. The van der Waals surface area contributed by atoms with Crippen molar-refractivity contribution in [3.05, 3.63) is 156 Å². The number of halogens is 2. The third kappa shape index (κ3) is 7.46. The van der Waals surface area contributed by atoms with Gasteiger partial charge in [0.15, 0.2) is 0 Å². The molecule has 0 saturated heterocycles. The van der Waals surface area contributed by atoms with Crippen LogP contribution in [0.2, 0.25) is 0 Å². The predicted molar refractivity (Wildman–Crippen MR) is 158 cm³/mol. The van der Waals surface area contributed by atoms with E-state index < -0.39 is 0 Å². The van der Waals surface area contributed by atoms with Crippen molar-refractivity contribution in [1.29, 1.82) is 0 Å². The van der Waals surface area contributed by atoms with E-state index in [1.54, 1.807) is 30.3 Å². The Hall–Kier alpha value is -4.31. The van der Waals surface area contributed by atoms with Crippen molar-refractivity contribution >= 4 is 0 Å². The summed E-state index contributed by atoms with van der Waals surface area (Å²) in [6.45, 7) is 4.00. The van der Waals surface area contributed by atoms with Gasteiger partial charge in [0.05, 0.1) is 5.69 Å². The summed E-state index contributed by atoms with van der Waals surface area (Å²) in [5.74, 6) is -0.428. The molecule has 5 heteroatoms. The van der Waals surface area contributed by atoms with Gasteiger partial charge in [-0.15, -0.1) is 29.8 Å². The molecule has 0 spiro atoms. The Morgan fingerprint density at radius 3 is 1.63 bits per heavy atom. The molecule has 0 fully saturated rings. The van der Waals surface area contributed by atoms with E-state index in [2.05, 4.69) is 16.0 Å². The number of aryl methyl sites for hydroxylation is 2. The Kier molecular flexibility index (Phi) is 10.0. The minimum Gasteiger partial charge on any atom is -0.304 e. The fourth-order valence-electron chi connectivity index (χ4n) is 4.28. The quantitative estimate of drug-likeness (QED) is 0.170. The third-order valence-corrected chi connectivity index (χ3v) is 6.43. The van der Waals surface area contributed by atoms with E-state index >= 15 is 0 Å². The van der Waals surface area contributed by atoms with Gasteiger partial charge in [-0.2, -0.15) is 0 Å². The van der Waals surface area contributed by atoms with E-state index in [1.807, 2.05) is 99.0 Å². The molecule has 0 bridgehead atoms. The van der Waals surface area contributed by atoms with Crippen molar-refractivity contribution in [2.24, 2.45) is 0 Å². The second-order valence-corrected chi connectivity index (χ2v) is 9.47. The van der Waals surface area contributed by atoms with Crippen LogP contribution in [0.15, 0.2) is 128 Å². The zero-order valence-corrected chi connectivity index (χ0v) is 25.0. The van der Waals surface area contributed by atoms with Gasteiger partial charge in [0.1, 0.15) is 11.6 Å². The van der Waals surface area contributed by atoms with Crippen LogP contribution in [-0.2, 0) is 20.1 Å². The van der Waals surface area contributed by atoms with Gasteiger partial charge in [-0.25, -0.2) is 8.78 Å². The summed E-state index contributed by atoms with van der Waals surface area (Å²) in [5.41, 5.74) is 8.73. The summed E-state index contributed by atoms with van der Waals surface area (Å²) in [7, 11) is 0. The van der Waals surface area contributed by atoms with Crippen LogP contribution in [0, 0.1) is 31.5 Å². The van der Waals surface area contributed by atoms with Gasteiger partial charge in [0.25, 0.3) is 0 Å². The number of rotatable bonds is 4. The molecular weight excluding hydrogens is 691 g/mol. The van der Waals surface area contributed by atoms with E-state index in [0.29, 0.717) is 11.1 Å². The molecule has 6 aromatic rings. The van der Waals surface area contributed by atoms with Gasteiger partial charge in [0.2, 0.25) is 0 Å². The summed E-state index contributed by atoms with van der Waals surface area (Å²) >= 11 is 0. The first-order chi connectivity index (χ1) is 19.5. The maximum Gasteiger partial charge on any atom is 0.131 e. The van der Waals surface area contributed by atoms with Crippen LogP contribution < -0.4 is 0 Å². The average Bonchev–Trinajstić information content (AvgIpc) is 2.99. The molecule has 6 rings (SSSR count). The van der Waals surface area contributed by atoms with Crippen molar-refractivity contribution in [3.63, 3.8) is 0 Å². The maximum absolute atomic E-state index is 13.8. The smallest absolute Gasteiger partial charge is 0.131 e. The summed E-state index contributed by atoms with van der Waals surface area (Å²) < 4.78 is 27.7. The molecule has 0 saturated carbocycles. The van der Waals surface area contributed by atoms with Crippen LogP contribution >= 0.6 is 0 Å². The van der Waals surface area contributed by atoms with Crippen molar-refractivity contribution in [2.45, 2.75) is 13.8 Å². The van der Waals surface area contributed by atoms with Gasteiger partial charge in [-0.05, 0) is 66.1 Å². The van der Waals surface area contributed by atoms with Crippen LogP contribution in [0.4, 0.5) is 8.78 Å². The summed E-state index contributed by atoms with van der Waals surface area (Å²) in [5, 5.41) is 0. The van der Waals surface area contributed by atoms with Crippen molar-refractivity contribution in [1.82, 2.24) is 9.97 Å². The van der Waals surface area contributed by atoms with Crippen molar-refractivity contribution < 1.29 is 28.9 Å². The normalized spacial score (nSPS) is 10.2. The monoisotopic (exact) mass is 718 g/mol. The van der Waals surface area contributed by atoms with Gasteiger partial charge in [-0.3, -0.25) is 4.98 Å². The molecule has 2 aromatic heterocycles. The number of benzene rings is 4. The Morgan fingerprint density at radius 1 is 0.537 bits per heavy atom. The van der Waals surface area contributed by atoms with Gasteiger partial charge in [0, 0.05) is 43.6 Å². The van der Waals surface area contributed by atoms with Crippen LogP contribution in [0.1, 0.15) is 11.1 Å². The fourth-order valence-corrected chi connectivity index (χ4v) is 4.28. The summed E-state index contributed by atoms with van der Waals surface area (Å²) in [6.07, 6.45) is 3.66. The van der Waals surface area contributed by atoms with Crippen molar-refractivity contribution in [3.8, 4) is 44.8 Å². The summed E-state index contributed by atoms with van der Waals surface area (Å²) in [4.78, 5) is 8.79. The van der Waals surface area contributed by atoms with Crippen molar-refractivity contribution in [2.75, 3.05) is 0 Å². The van der Waals surface area contributed by atoms with Crippen LogP contribution in [0.5, 0.6) is 0 Å². The molecule has 205 valence electrons. The van der Waals surface area contributed by atoms with Crippen LogP contribution in [0.25, 0.3) is 44.8 Å². The fraction of sp³-hybridized carbons (Fsp3) is 0.0556. The first kappa shape index (κ1) is 29.7. The molecule has 0 unspecified atom stereocenters. The second-order valence-electron chi connectivity index (χ2n) is 9.47. The molecule has 41 heavy (non-hydrogen) atoms. The molecule has 2 nitrogen and oxygen atoms in total. The molecule has 0 aliphatic heterocycles. The van der Waals surface area contributed by atoms with E-state index in [1.165, 1.54) is 12.1 Å². The molecular formula is C36H27F2IrN2-. The molecule has 0 atom stereocenters. The second kappa shape index (κ2) is 13.8. The number of pyridine rings is 2. The van der Waals surface area contributed by atoms with E-state index in [4.69, 9.17) is 0 Å². The average molecular weight is 718 g/mol. The third-order valence-electron chi connectivity index (χ3n) is 6.43. The van der Waals surface area contributed by atoms with Crippen LogP contribution in [-0.4, -0.2) is 9.97 Å². The molecule has 4 aromatic carbocycles. The molecule has 2 heterocycles. The molecule has 0 N–H and O–H groups in total. The zero-order valence-electron chi connectivity index (χ0n) is 22.6. The summed E-state index contributed by atoms with van der Waals surface area (Å²) in [6, 6.07) is 38.1. The van der Waals surface area contributed by atoms with E-state index in [0.717, 1.165) is 44.8 Å². The first-order valence-corrected chi connectivity index (χ1v) is 13.0. The Morgan fingerprint density at radius 2 is 1.07 bits per heavy atom. The minimum absolute atomic E-state index is 0. The number of hydrogen-bond donors (Lipinski definition) is 0. The Labute approximate surface area is 253 Å². The molecule has 0 amide bonds. The standard InChI is InChI=1S/C18H14FN.C18H13FN.Ir/c2*1-13-9-10-18(20-12-13)15-6-4-5-14(11-15)16-7-2-3-8-17(16)19;/h2-12H,1H3;2-5,7-12H,1H3;/q;-1;. The number of nitrogens with zero attached hydrogens (tertiary/aromatic N) is 2. The molecule has 1 radical (unpaired) electrons. The van der Waals surface area contributed by atoms with E-state index in [-0.39, 0.29) is 31.7 Å². The van der Waals surface area contributed by atoms with Gasteiger partial charge in [-0.1, -0.05) is 78.4 Å². The zero-order chi connectivity index (χ0) is 27.9. The van der Waals surface area contributed by atoms with Gasteiger partial charge >= 0.3 is 0 Å². The largest absolute Gasteiger partial charge is 0.304 e. The van der Waals surface area contributed by atoms with Gasteiger partial charge < -0.3 is 4.98 Å². The number of aromatic nitrogens is 2. The van der Waals surface area contributed by atoms with Crippen LogP contribution in [0.3, 0.4) is 0 Å². The SMILES string of the molecule is Cc1ccc(-c2[c-]ccc(-c3ccccc3F)c2)nc1.Cc1ccc(-c2cccc(-c3ccccc3F)c2)nc1.[Ir]. The maximum atomic E-state index is 13.8. The topological polar surface area (TPSA) is 25.8 Å². The Balaban J connectivity index is 0.000000184. The molecule has 0 aliphatic rings. The molecule has 0 aliphatic carbocycles. The first-order valence-electron chi connectivity index (χ1n) is 13.0. The Bertz CT molecular complexity index is 1600. The minimum atomic E-state index is -0.221. The van der Waals surface area contributed by atoms with E-state index in [9.17, 15) is 8.78 Å². The number of hydrogen-bond acceptors (Lipinski definition) is 2.